The Morgan fingerprint density at radius 1 is 1.28 bits per heavy atom. The van der Waals surface area contributed by atoms with Crippen molar-refractivity contribution in [1.82, 2.24) is 15.6 Å². The third kappa shape index (κ3) is 3.61. The largest absolute Gasteiger partial charge is 0.437 e. The number of nitro groups is 1. The van der Waals surface area contributed by atoms with Gasteiger partial charge < -0.3 is 15.7 Å². The van der Waals surface area contributed by atoms with Crippen LogP contribution in [0.4, 0.5) is 23.7 Å². The van der Waals surface area contributed by atoms with Crippen LogP contribution in [0.25, 0.3) is 0 Å². The lowest BCUT2D eigenvalue weighted by Gasteiger charge is -2.45. The molecule has 0 bridgehead atoms. The van der Waals surface area contributed by atoms with Gasteiger partial charge in [0.1, 0.15) is 5.92 Å². The van der Waals surface area contributed by atoms with Gasteiger partial charge in [-0.3, -0.25) is 19.9 Å². The molecule has 9 nitrogen and oxygen atoms in total. The second-order valence-electron chi connectivity index (χ2n) is 6.28. The van der Waals surface area contributed by atoms with Gasteiger partial charge in [-0.25, -0.2) is 4.79 Å². The van der Waals surface area contributed by atoms with Crippen LogP contribution in [0, 0.1) is 16.0 Å². The fraction of sp³-hybridized carbons (Fsp3) is 0.235. The van der Waals surface area contributed by atoms with Crippen LogP contribution in [0.3, 0.4) is 0 Å². The molecule has 29 heavy (non-hydrogen) atoms. The van der Waals surface area contributed by atoms with Crippen LogP contribution in [-0.2, 0) is 0 Å². The van der Waals surface area contributed by atoms with Crippen molar-refractivity contribution in [3.63, 3.8) is 0 Å². The zero-order valence-corrected chi connectivity index (χ0v) is 14.4. The topological polar surface area (TPSA) is 134 Å². The summed E-state index contributed by atoms with van der Waals surface area (Å²) in [5.74, 6) is -3.45. The average molecular weight is 410 g/mol. The number of nitrogens with one attached hydrogen (secondary N) is 2. The van der Waals surface area contributed by atoms with E-state index in [1.807, 2.05) is 0 Å². The Kier molecular flexibility index (Phi) is 4.96. The fourth-order valence-electron chi connectivity index (χ4n) is 3.14. The van der Waals surface area contributed by atoms with Gasteiger partial charge in [0.2, 0.25) is 5.72 Å². The first kappa shape index (κ1) is 20.2. The molecular formula is C17H13F3N4O5. The Morgan fingerprint density at radius 2 is 2.00 bits per heavy atom. The van der Waals surface area contributed by atoms with E-state index in [9.17, 15) is 38.0 Å². The maximum Gasteiger partial charge on any atom is 0.437 e. The minimum atomic E-state index is -5.42. The summed E-state index contributed by atoms with van der Waals surface area (Å²) < 4.78 is 41.3. The molecule has 1 aromatic heterocycles. The number of benzene rings is 1. The number of amides is 2. The minimum Gasteiger partial charge on any atom is -0.363 e. The Labute approximate surface area is 160 Å². The maximum atomic E-state index is 13.8. The number of Topliss-reactive ketones (excluding diaryl/α,β-unsaturated/α-hetero) is 1. The number of halogens is 3. The van der Waals surface area contributed by atoms with E-state index in [-0.39, 0.29) is 11.1 Å². The quantitative estimate of drug-likeness (QED) is 0.401. The van der Waals surface area contributed by atoms with E-state index >= 15 is 0 Å². The smallest absolute Gasteiger partial charge is 0.363 e. The first-order valence-corrected chi connectivity index (χ1v) is 8.11. The van der Waals surface area contributed by atoms with Crippen molar-refractivity contribution in [2.75, 3.05) is 0 Å². The monoisotopic (exact) mass is 410 g/mol. The number of nitro benzene ring substituents is 1. The fourth-order valence-corrected chi connectivity index (χ4v) is 3.14. The molecule has 152 valence electrons. The maximum absolute atomic E-state index is 13.8. The lowest BCUT2D eigenvalue weighted by molar-refractivity contribution is -0.385. The molecule has 1 aliphatic rings. The van der Waals surface area contributed by atoms with Crippen molar-refractivity contribution >= 4 is 17.5 Å². The predicted molar refractivity (Wildman–Crippen MR) is 90.6 cm³/mol. The Balaban J connectivity index is 2.18. The van der Waals surface area contributed by atoms with Crippen molar-refractivity contribution in [3.05, 3.63) is 70.0 Å². The molecule has 3 N–H and O–H groups in total. The highest BCUT2D eigenvalue weighted by Crippen LogP contribution is 2.44. The highest BCUT2D eigenvalue weighted by molar-refractivity contribution is 6.00. The number of urea groups is 1. The highest BCUT2D eigenvalue weighted by Gasteiger charge is 2.66. The predicted octanol–water partition coefficient (Wildman–Crippen LogP) is 2.09. The molecule has 0 radical (unpaired) electrons. The summed E-state index contributed by atoms with van der Waals surface area (Å²) in [4.78, 5) is 38.8. The number of rotatable bonds is 4. The van der Waals surface area contributed by atoms with Gasteiger partial charge in [0.05, 0.1) is 11.0 Å². The summed E-state index contributed by atoms with van der Waals surface area (Å²) in [7, 11) is 0. The van der Waals surface area contributed by atoms with Crippen LogP contribution in [-0.4, -0.2) is 38.7 Å². The number of alkyl halides is 3. The molecule has 12 heteroatoms. The summed E-state index contributed by atoms with van der Waals surface area (Å²) in [6, 6.07) is 3.85. The van der Waals surface area contributed by atoms with E-state index in [2.05, 4.69) is 10.3 Å². The first-order valence-electron chi connectivity index (χ1n) is 8.11. The number of nitrogens with zero attached hydrogens (tertiary/aromatic N) is 2. The zero-order valence-electron chi connectivity index (χ0n) is 14.4. The molecule has 0 unspecified atom stereocenters. The molecule has 0 aliphatic carbocycles. The number of carbonyl (C=O) groups is 2. The number of hydrogen-bond donors (Lipinski definition) is 3. The summed E-state index contributed by atoms with van der Waals surface area (Å²) in [6.07, 6.45) is -3.11. The van der Waals surface area contributed by atoms with E-state index in [0.717, 1.165) is 18.3 Å². The van der Waals surface area contributed by atoms with Gasteiger partial charge in [-0.15, -0.1) is 0 Å². The molecule has 0 saturated carbocycles. The Morgan fingerprint density at radius 3 is 2.59 bits per heavy atom. The molecule has 1 aliphatic heterocycles. The third-order valence-corrected chi connectivity index (χ3v) is 4.47. The number of aliphatic hydroxyl groups is 1. The van der Waals surface area contributed by atoms with Crippen molar-refractivity contribution in [1.29, 1.82) is 0 Å². The van der Waals surface area contributed by atoms with Gasteiger partial charge in [-0.05, 0) is 17.7 Å². The van der Waals surface area contributed by atoms with Crippen molar-refractivity contribution in [2.24, 2.45) is 5.92 Å². The summed E-state index contributed by atoms with van der Waals surface area (Å²) >= 11 is 0. The van der Waals surface area contributed by atoms with E-state index in [1.165, 1.54) is 35.8 Å². The van der Waals surface area contributed by atoms with E-state index in [1.54, 1.807) is 0 Å². The molecule has 0 spiro atoms. The minimum absolute atomic E-state index is 0.154. The molecule has 3 atom stereocenters. The number of non-ortho nitro benzene ring substituents is 1. The SMILES string of the molecule is O=C1N[C@H](c2cccc([N+](=O)[O-])c2)[C@H](C(=O)c2cccnc2)[C@](O)(C(F)(F)F)N1. The summed E-state index contributed by atoms with van der Waals surface area (Å²) in [5, 5.41) is 25.0. The molecule has 1 aromatic carbocycles. The van der Waals surface area contributed by atoms with Gasteiger partial charge >= 0.3 is 12.2 Å². The lowest BCUT2D eigenvalue weighted by atomic mass is 9.77. The molecule has 1 saturated heterocycles. The standard InChI is InChI=1S/C17H13F3N4O5/c18-17(19,20)16(27)12(14(25)10-4-2-6-21-8-10)13(22-15(26)23-16)9-3-1-5-11(7-9)24(28)29/h1-8,12-13,27H,(H2,22,23,26)/t12-,13-,16+/m1/s1. The number of hydrogen-bond acceptors (Lipinski definition) is 6. The molecular weight excluding hydrogens is 397 g/mol. The average Bonchev–Trinajstić information content (AvgIpc) is 2.67. The molecule has 2 amide bonds. The molecule has 2 aromatic rings. The molecule has 2 heterocycles. The highest BCUT2D eigenvalue weighted by atomic mass is 19.4. The summed E-state index contributed by atoms with van der Waals surface area (Å²) in [5.41, 5.74) is -4.77. The van der Waals surface area contributed by atoms with Crippen LogP contribution >= 0.6 is 0 Å². The van der Waals surface area contributed by atoms with Crippen molar-refractivity contribution in [3.8, 4) is 0 Å². The second kappa shape index (κ2) is 7.13. The van der Waals surface area contributed by atoms with Gasteiger partial charge in [0, 0.05) is 30.1 Å². The van der Waals surface area contributed by atoms with Gasteiger partial charge in [0.25, 0.3) is 5.69 Å². The van der Waals surface area contributed by atoms with Gasteiger partial charge in [0.15, 0.2) is 5.78 Å². The van der Waals surface area contributed by atoms with Crippen molar-refractivity contribution < 1.29 is 32.8 Å². The molecule has 1 fully saturated rings. The van der Waals surface area contributed by atoms with E-state index in [0.29, 0.717) is 0 Å². The van der Waals surface area contributed by atoms with Gasteiger partial charge in [-0.1, -0.05) is 12.1 Å². The first-order chi connectivity index (χ1) is 13.5. The number of ketones is 1. The van der Waals surface area contributed by atoms with Crippen molar-refractivity contribution in [2.45, 2.75) is 17.9 Å². The van der Waals surface area contributed by atoms with Crippen LogP contribution < -0.4 is 10.6 Å². The Hall–Kier alpha value is -3.54. The second-order valence-corrected chi connectivity index (χ2v) is 6.28. The van der Waals surface area contributed by atoms with Crippen LogP contribution in [0.5, 0.6) is 0 Å². The van der Waals surface area contributed by atoms with Crippen LogP contribution in [0.15, 0.2) is 48.8 Å². The number of aromatic nitrogens is 1. The normalized spacial score (nSPS) is 24.3. The zero-order chi connectivity index (χ0) is 21.4. The lowest BCUT2D eigenvalue weighted by Crippen LogP contribution is -2.72. The van der Waals surface area contributed by atoms with Crippen LogP contribution in [0.1, 0.15) is 22.0 Å². The van der Waals surface area contributed by atoms with Gasteiger partial charge in [-0.2, -0.15) is 13.2 Å². The molecule has 3 rings (SSSR count). The van der Waals surface area contributed by atoms with E-state index in [4.69, 9.17) is 0 Å². The van der Waals surface area contributed by atoms with Crippen LogP contribution in [0.2, 0.25) is 0 Å². The van der Waals surface area contributed by atoms with E-state index < -0.39 is 46.3 Å². The Bertz CT molecular complexity index is 969. The summed E-state index contributed by atoms with van der Waals surface area (Å²) in [6.45, 7) is 0. The third-order valence-electron chi connectivity index (χ3n) is 4.47. The number of carbonyl (C=O) groups excluding carboxylic acids is 2. The number of pyridine rings is 1.